The summed E-state index contributed by atoms with van der Waals surface area (Å²) in [5.41, 5.74) is 2.59. The van der Waals surface area contributed by atoms with Crippen molar-refractivity contribution in [3.05, 3.63) is 86.9 Å². The number of halogens is 2. The third-order valence-electron chi connectivity index (χ3n) is 5.91. The van der Waals surface area contributed by atoms with Gasteiger partial charge >= 0.3 is 6.03 Å². The molecule has 3 aromatic carbocycles. The second-order valence-electron chi connectivity index (χ2n) is 8.83. The average molecular weight is 582 g/mol. The van der Waals surface area contributed by atoms with Crippen molar-refractivity contribution in [2.45, 2.75) is 20.8 Å². The van der Waals surface area contributed by atoms with E-state index >= 15 is 0 Å². The fraction of sp³-hybridized carbons (Fsp3) is 0.172. The molecule has 1 aliphatic heterocycles. The van der Waals surface area contributed by atoms with E-state index in [1.807, 2.05) is 6.92 Å². The molecule has 5 amide bonds. The van der Waals surface area contributed by atoms with Gasteiger partial charge in [-0.15, -0.1) is 0 Å². The van der Waals surface area contributed by atoms with Gasteiger partial charge in [0.1, 0.15) is 5.57 Å². The third-order valence-corrected chi connectivity index (χ3v) is 6.72. The van der Waals surface area contributed by atoms with Crippen molar-refractivity contribution >= 4 is 64.4 Å². The summed E-state index contributed by atoms with van der Waals surface area (Å²) in [4.78, 5) is 51.6. The number of hydrogen-bond donors (Lipinski definition) is 2. The first-order chi connectivity index (χ1) is 19.1. The number of barbiturate groups is 1. The number of anilines is 2. The predicted molar refractivity (Wildman–Crippen MR) is 153 cm³/mol. The number of carbonyl (C=O) groups excluding carboxylic acids is 4. The molecule has 1 saturated heterocycles. The fourth-order valence-corrected chi connectivity index (χ4v) is 4.15. The van der Waals surface area contributed by atoms with Gasteiger partial charge in [-0.3, -0.25) is 19.7 Å². The number of nitrogens with one attached hydrogen (secondary N) is 2. The summed E-state index contributed by atoms with van der Waals surface area (Å²) in [6.45, 7) is 5.41. The van der Waals surface area contributed by atoms with Crippen LogP contribution in [-0.4, -0.2) is 37.0 Å². The van der Waals surface area contributed by atoms with Crippen molar-refractivity contribution in [2.24, 2.45) is 0 Å². The zero-order chi connectivity index (χ0) is 29.0. The minimum Gasteiger partial charge on any atom is -0.490 e. The van der Waals surface area contributed by atoms with Gasteiger partial charge in [-0.1, -0.05) is 41.4 Å². The second-order valence-corrected chi connectivity index (χ2v) is 9.65. The van der Waals surface area contributed by atoms with Crippen LogP contribution in [0.15, 0.2) is 60.2 Å². The Balaban J connectivity index is 1.53. The van der Waals surface area contributed by atoms with Gasteiger partial charge in [-0.05, 0) is 79.9 Å². The molecule has 0 aliphatic carbocycles. The first kappa shape index (κ1) is 28.7. The highest BCUT2D eigenvalue weighted by molar-refractivity contribution is 6.39. The van der Waals surface area contributed by atoms with Crippen LogP contribution in [0.1, 0.15) is 23.6 Å². The number of urea groups is 1. The van der Waals surface area contributed by atoms with Gasteiger partial charge < -0.3 is 14.8 Å². The van der Waals surface area contributed by atoms with E-state index in [0.29, 0.717) is 33.7 Å². The largest absolute Gasteiger partial charge is 0.490 e. The quantitative estimate of drug-likeness (QED) is 0.261. The van der Waals surface area contributed by atoms with Crippen LogP contribution >= 0.6 is 23.2 Å². The van der Waals surface area contributed by atoms with E-state index in [9.17, 15) is 19.2 Å². The molecule has 9 nitrogen and oxygen atoms in total. The Kier molecular flexibility index (Phi) is 8.77. The Labute approximate surface area is 240 Å². The van der Waals surface area contributed by atoms with Crippen molar-refractivity contribution in [3.63, 3.8) is 0 Å². The zero-order valence-corrected chi connectivity index (χ0v) is 23.4. The summed E-state index contributed by atoms with van der Waals surface area (Å²) < 4.78 is 11.3. The molecule has 40 heavy (non-hydrogen) atoms. The molecule has 11 heteroatoms. The first-order valence-electron chi connectivity index (χ1n) is 12.2. The van der Waals surface area contributed by atoms with Crippen LogP contribution in [0, 0.1) is 13.8 Å². The van der Waals surface area contributed by atoms with Crippen LogP contribution in [0.3, 0.4) is 0 Å². The van der Waals surface area contributed by atoms with Crippen molar-refractivity contribution < 1.29 is 28.7 Å². The standard InChI is InChI=1S/C29H25Cl2N3O6/c1-4-39-25-12-18(7-10-24(25)40-15-26(35)32-19-8-5-16(2)22(30)13-19)11-21-27(36)33-29(38)34(28(21)37)20-9-6-17(3)23(31)14-20/h5-14H,4,15H2,1-3H3,(H,32,35)(H,33,36,38)/b21-11+. The number of hydrogen-bond acceptors (Lipinski definition) is 6. The normalized spacial score (nSPS) is 14.3. The predicted octanol–water partition coefficient (Wildman–Crippen LogP) is 5.69. The topological polar surface area (TPSA) is 114 Å². The van der Waals surface area contributed by atoms with E-state index in [2.05, 4.69) is 10.6 Å². The lowest BCUT2D eigenvalue weighted by molar-refractivity contribution is -0.122. The van der Waals surface area contributed by atoms with Gasteiger partial charge in [0.05, 0.1) is 12.3 Å². The van der Waals surface area contributed by atoms with Crippen molar-refractivity contribution in [1.82, 2.24) is 5.32 Å². The maximum atomic E-state index is 13.2. The van der Waals surface area contributed by atoms with Crippen LogP contribution in [0.5, 0.6) is 11.5 Å². The second kappa shape index (κ2) is 12.2. The Morgan fingerprint density at radius 2 is 1.62 bits per heavy atom. The van der Waals surface area contributed by atoms with Crippen LogP contribution in [0.2, 0.25) is 10.0 Å². The number of aryl methyl sites for hydroxylation is 2. The Bertz CT molecular complexity index is 1550. The lowest BCUT2D eigenvalue weighted by Gasteiger charge is -2.26. The third kappa shape index (κ3) is 6.44. The smallest absolute Gasteiger partial charge is 0.335 e. The fourth-order valence-electron chi connectivity index (χ4n) is 3.79. The highest BCUT2D eigenvalue weighted by Crippen LogP contribution is 2.31. The summed E-state index contributed by atoms with van der Waals surface area (Å²) in [5.74, 6) is -1.47. The van der Waals surface area contributed by atoms with Gasteiger partial charge in [0, 0.05) is 15.7 Å². The van der Waals surface area contributed by atoms with Gasteiger partial charge in [-0.25, -0.2) is 9.69 Å². The Hall–Kier alpha value is -4.34. The molecule has 0 atom stereocenters. The lowest BCUT2D eigenvalue weighted by Crippen LogP contribution is -2.54. The molecule has 0 radical (unpaired) electrons. The Morgan fingerprint density at radius 3 is 2.30 bits per heavy atom. The van der Waals surface area contributed by atoms with Gasteiger partial charge in [0.2, 0.25) is 0 Å². The number of amides is 5. The maximum absolute atomic E-state index is 13.2. The van der Waals surface area contributed by atoms with Gasteiger partial charge in [-0.2, -0.15) is 0 Å². The summed E-state index contributed by atoms with van der Waals surface area (Å²) in [5, 5.41) is 5.79. The maximum Gasteiger partial charge on any atom is 0.335 e. The highest BCUT2D eigenvalue weighted by atomic mass is 35.5. The molecule has 1 fully saturated rings. The summed E-state index contributed by atoms with van der Waals surface area (Å²) in [7, 11) is 0. The zero-order valence-electron chi connectivity index (χ0n) is 21.8. The SMILES string of the molecule is CCOc1cc(/C=C2\C(=O)NC(=O)N(c3ccc(C)c(Cl)c3)C2=O)ccc1OCC(=O)Nc1ccc(C)c(Cl)c1. The molecule has 206 valence electrons. The molecule has 1 aliphatic rings. The monoisotopic (exact) mass is 581 g/mol. The van der Waals surface area contributed by atoms with E-state index < -0.39 is 23.8 Å². The number of rotatable bonds is 8. The molecular formula is C29H25Cl2N3O6. The van der Waals surface area contributed by atoms with E-state index in [-0.39, 0.29) is 23.6 Å². The number of benzene rings is 3. The molecule has 4 rings (SSSR count). The molecule has 0 aromatic heterocycles. The van der Waals surface area contributed by atoms with Crippen molar-refractivity contribution in [2.75, 3.05) is 23.4 Å². The molecule has 2 N–H and O–H groups in total. The van der Waals surface area contributed by atoms with Gasteiger partial charge in [0.25, 0.3) is 17.7 Å². The summed E-state index contributed by atoms with van der Waals surface area (Å²) in [6.07, 6.45) is 1.34. The number of ether oxygens (including phenoxy) is 2. The summed E-state index contributed by atoms with van der Waals surface area (Å²) >= 11 is 12.3. The van der Waals surface area contributed by atoms with E-state index in [4.69, 9.17) is 32.7 Å². The average Bonchev–Trinajstić information content (AvgIpc) is 2.90. The number of imide groups is 2. The van der Waals surface area contributed by atoms with Gasteiger partial charge in [0.15, 0.2) is 18.1 Å². The van der Waals surface area contributed by atoms with Crippen molar-refractivity contribution in [1.29, 1.82) is 0 Å². The van der Waals surface area contributed by atoms with Crippen LogP contribution in [0.4, 0.5) is 16.2 Å². The minimum atomic E-state index is -0.878. The van der Waals surface area contributed by atoms with E-state index in [1.165, 1.54) is 12.1 Å². The summed E-state index contributed by atoms with van der Waals surface area (Å²) in [6, 6.07) is 13.7. The Morgan fingerprint density at radius 1 is 0.925 bits per heavy atom. The van der Waals surface area contributed by atoms with E-state index in [1.54, 1.807) is 62.4 Å². The molecule has 1 heterocycles. The molecular weight excluding hydrogens is 557 g/mol. The number of carbonyl (C=O) groups is 4. The molecule has 0 saturated carbocycles. The molecule has 3 aromatic rings. The number of nitrogens with zero attached hydrogens (tertiary/aromatic N) is 1. The van der Waals surface area contributed by atoms with Crippen LogP contribution in [0.25, 0.3) is 6.08 Å². The van der Waals surface area contributed by atoms with E-state index in [0.717, 1.165) is 16.0 Å². The molecule has 0 bridgehead atoms. The minimum absolute atomic E-state index is 0.224. The van der Waals surface area contributed by atoms with Crippen molar-refractivity contribution in [3.8, 4) is 11.5 Å². The van der Waals surface area contributed by atoms with Crippen LogP contribution < -0.4 is 25.0 Å². The first-order valence-corrected chi connectivity index (χ1v) is 13.0. The highest BCUT2D eigenvalue weighted by Gasteiger charge is 2.37. The molecule has 0 spiro atoms. The molecule has 0 unspecified atom stereocenters. The van der Waals surface area contributed by atoms with Crippen LogP contribution in [-0.2, 0) is 14.4 Å². The lowest BCUT2D eigenvalue weighted by atomic mass is 10.1.